The Labute approximate surface area is 110 Å². The lowest BCUT2D eigenvalue weighted by atomic mass is 10.2. The molecule has 1 aliphatic heterocycles. The van der Waals surface area contributed by atoms with E-state index in [1.54, 1.807) is 0 Å². The summed E-state index contributed by atoms with van der Waals surface area (Å²) in [6.45, 7) is 1.92. The van der Waals surface area contributed by atoms with Crippen molar-refractivity contribution in [1.29, 1.82) is 0 Å². The smallest absolute Gasteiger partial charge is 0.222 e. The summed E-state index contributed by atoms with van der Waals surface area (Å²) >= 11 is 0. The molecule has 0 spiro atoms. The van der Waals surface area contributed by atoms with Gasteiger partial charge in [-0.3, -0.25) is 0 Å². The average molecular weight is 260 g/mol. The van der Waals surface area contributed by atoms with Crippen LogP contribution in [0.2, 0.25) is 0 Å². The third-order valence-corrected chi connectivity index (χ3v) is 3.24. The Morgan fingerprint density at radius 1 is 1.37 bits per heavy atom. The second-order valence-corrected chi connectivity index (χ2v) is 4.54. The van der Waals surface area contributed by atoms with E-state index >= 15 is 0 Å². The first-order chi connectivity index (χ1) is 9.28. The van der Waals surface area contributed by atoms with E-state index in [4.69, 9.17) is 10.5 Å². The fourth-order valence-electron chi connectivity index (χ4n) is 2.34. The number of benzene rings is 1. The standard InChI is InChI=1S/C13H16N4O2/c14-13-15-11-4-2-1-3-10(11)12(16-13)17-5-6-19-9(7-17)8-18/h1-4,9,18H,5-8H2,(H2,14,15,16). The molecule has 1 aromatic carbocycles. The molecule has 0 saturated carbocycles. The third-order valence-electron chi connectivity index (χ3n) is 3.24. The van der Waals surface area contributed by atoms with Crippen LogP contribution in [0.15, 0.2) is 24.3 Å². The third kappa shape index (κ3) is 2.32. The predicted octanol–water partition coefficient (Wildman–Crippen LogP) is 0.409. The van der Waals surface area contributed by atoms with Crippen molar-refractivity contribution in [2.75, 3.05) is 36.9 Å². The molecule has 1 unspecified atom stereocenters. The zero-order valence-corrected chi connectivity index (χ0v) is 10.5. The van der Waals surface area contributed by atoms with Gasteiger partial charge in [0.1, 0.15) is 5.82 Å². The van der Waals surface area contributed by atoms with Crippen molar-refractivity contribution in [2.45, 2.75) is 6.10 Å². The first-order valence-corrected chi connectivity index (χ1v) is 6.27. The van der Waals surface area contributed by atoms with Crippen LogP contribution in [0.5, 0.6) is 0 Å². The maximum Gasteiger partial charge on any atom is 0.222 e. The molecule has 3 N–H and O–H groups in total. The van der Waals surface area contributed by atoms with Crippen molar-refractivity contribution >= 4 is 22.7 Å². The number of ether oxygens (including phenoxy) is 1. The van der Waals surface area contributed by atoms with Crippen molar-refractivity contribution in [1.82, 2.24) is 9.97 Å². The summed E-state index contributed by atoms with van der Waals surface area (Å²) in [5.41, 5.74) is 6.60. The Morgan fingerprint density at radius 2 is 2.21 bits per heavy atom. The minimum absolute atomic E-state index is 0.00893. The van der Waals surface area contributed by atoms with Gasteiger partial charge in [0.2, 0.25) is 5.95 Å². The number of aromatic nitrogens is 2. The number of hydrogen-bond acceptors (Lipinski definition) is 6. The molecule has 2 aromatic rings. The Hall–Kier alpha value is -1.92. The summed E-state index contributed by atoms with van der Waals surface area (Å²) in [6, 6.07) is 7.78. The molecule has 1 aromatic heterocycles. The van der Waals surface area contributed by atoms with Gasteiger partial charge < -0.3 is 20.5 Å². The summed E-state index contributed by atoms with van der Waals surface area (Å²) in [7, 11) is 0. The molecule has 100 valence electrons. The van der Waals surface area contributed by atoms with Gasteiger partial charge in [-0.15, -0.1) is 0 Å². The molecule has 0 aliphatic carbocycles. The van der Waals surface area contributed by atoms with Crippen molar-refractivity contribution in [3.8, 4) is 0 Å². The monoisotopic (exact) mass is 260 g/mol. The zero-order chi connectivity index (χ0) is 13.2. The summed E-state index contributed by atoms with van der Waals surface area (Å²) in [4.78, 5) is 10.7. The zero-order valence-electron chi connectivity index (χ0n) is 10.5. The van der Waals surface area contributed by atoms with E-state index in [2.05, 4.69) is 14.9 Å². The van der Waals surface area contributed by atoms with E-state index in [0.29, 0.717) is 13.2 Å². The predicted molar refractivity (Wildman–Crippen MR) is 73.0 cm³/mol. The fourth-order valence-corrected chi connectivity index (χ4v) is 2.34. The normalized spacial score (nSPS) is 19.8. The maximum absolute atomic E-state index is 9.21. The van der Waals surface area contributed by atoms with Gasteiger partial charge in [-0.1, -0.05) is 12.1 Å². The van der Waals surface area contributed by atoms with E-state index in [-0.39, 0.29) is 18.7 Å². The molecule has 1 atom stereocenters. The molecular weight excluding hydrogens is 244 g/mol. The Balaban J connectivity index is 2.03. The second kappa shape index (κ2) is 4.99. The molecule has 0 radical (unpaired) electrons. The molecule has 1 fully saturated rings. The molecule has 3 rings (SSSR count). The van der Waals surface area contributed by atoms with Crippen LogP contribution in [0.25, 0.3) is 10.9 Å². The lowest BCUT2D eigenvalue weighted by molar-refractivity contribution is 0.00344. The lowest BCUT2D eigenvalue weighted by Gasteiger charge is -2.33. The number of aliphatic hydroxyl groups is 1. The number of rotatable bonds is 2. The van der Waals surface area contributed by atoms with Gasteiger partial charge in [-0.25, -0.2) is 4.98 Å². The highest BCUT2D eigenvalue weighted by molar-refractivity contribution is 5.90. The summed E-state index contributed by atoms with van der Waals surface area (Å²) in [6.07, 6.45) is -0.177. The van der Waals surface area contributed by atoms with Gasteiger partial charge in [0, 0.05) is 18.5 Å². The topological polar surface area (TPSA) is 84.5 Å². The van der Waals surface area contributed by atoms with E-state index in [1.165, 1.54) is 0 Å². The van der Waals surface area contributed by atoms with Crippen LogP contribution in [0, 0.1) is 0 Å². The van der Waals surface area contributed by atoms with Crippen molar-refractivity contribution in [3.05, 3.63) is 24.3 Å². The molecule has 1 aliphatic rings. The number of nitrogens with zero attached hydrogens (tertiary/aromatic N) is 3. The van der Waals surface area contributed by atoms with Crippen molar-refractivity contribution in [3.63, 3.8) is 0 Å². The summed E-state index contributed by atoms with van der Waals surface area (Å²) in [5, 5.41) is 10.2. The van der Waals surface area contributed by atoms with E-state index < -0.39 is 0 Å². The number of fused-ring (bicyclic) bond motifs is 1. The molecule has 2 heterocycles. The molecule has 6 heteroatoms. The molecule has 19 heavy (non-hydrogen) atoms. The molecule has 0 amide bonds. The first-order valence-electron chi connectivity index (χ1n) is 6.27. The minimum atomic E-state index is -0.177. The highest BCUT2D eigenvalue weighted by Gasteiger charge is 2.22. The van der Waals surface area contributed by atoms with E-state index in [0.717, 1.165) is 23.3 Å². The van der Waals surface area contributed by atoms with Crippen molar-refractivity contribution < 1.29 is 9.84 Å². The molecular formula is C13H16N4O2. The highest BCUT2D eigenvalue weighted by Crippen LogP contribution is 2.25. The van der Waals surface area contributed by atoms with Crippen LogP contribution in [0.3, 0.4) is 0 Å². The Kier molecular flexibility index (Phi) is 3.18. The highest BCUT2D eigenvalue weighted by atomic mass is 16.5. The van der Waals surface area contributed by atoms with Gasteiger partial charge in [0.25, 0.3) is 0 Å². The van der Waals surface area contributed by atoms with Crippen LogP contribution in [-0.4, -0.2) is 47.5 Å². The van der Waals surface area contributed by atoms with Gasteiger partial charge in [-0.2, -0.15) is 4.98 Å². The van der Waals surface area contributed by atoms with Gasteiger partial charge in [-0.05, 0) is 12.1 Å². The van der Waals surface area contributed by atoms with Gasteiger partial charge in [0.15, 0.2) is 0 Å². The van der Waals surface area contributed by atoms with Gasteiger partial charge >= 0.3 is 0 Å². The fraction of sp³-hybridized carbons (Fsp3) is 0.385. The SMILES string of the molecule is Nc1nc(N2CCOC(CO)C2)c2ccccc2n1. The summed E-state index contributed by atoms with van der Waals surface area (Å²) < 4.78 is 5.45. The van der Waals surface area contributed by atoms with Crippen LogP contribution < -0.4 is 10.6 Å². The lowest BCUT2D eigenvalue weighted by Crippen LogP contribution is -2.44. The first kappa shape index (κ1) is 12.1. The Bertz CT molecular complexity index is 590. The number of para-hydroxylation sites is 1. The number of morpholine rings is 1. The van der Waals surface area contributed by atoms with Gasteiger partial charge in [0.05, 0.1) is 24.8 Å². The van der Waals surface area contributed by atoms with Crippen molar-refractivity contribution in [2.24, 2.45) is 0 Å². The number of anilines is 2. The second-order valence-electron chi connectivity index (χ2n) is 4.54. The summed E-state index contributed by atoms with van der Waals surface area (Å²) in [5.74, 6) is 1.07. The van der Waals surface area contributed by atoms with Crippen LogP contribution in [0.1, 0.15) is 0 Å². The molecule has 0 bridgehead atoms. The maximum atomic E-state index is 9.21. The van der Waals surface area contributed by atoms with Crippen LogP contribution in [0.4, 0.5) is 11.8 Å². The minimum Gasteiger partial charge on any atom is -0.394 e. The number of aliphatic hydroxyl groups excluding tert-OH is 1. The van der Waals surface area contributed by atoms with Crippen LogP contribution in [-0.2, 0) is 4.74 Å². The molecule has 6 nitrogen and oxygen atoms in total. The Morgan fingerprint density at radius 3 is 3.05 bits per heavy atom. The van der Waals surface area contributed by atoms with E-state index in [9.17, 15) is 5.11 Å². The molecule has 1 saturated heterocycles. The number of nitrogens with two attached hydrogens (primary N) is 1. The largest absolute Gasteiger partial charge is 0.394 e. The number of hydrogen-bond donors (Lipinski definition) is 2. The average Bonchev–Trinajstić information content (AvgIpc) is 2.46. The number of nitrogen functional groups attached to an aromatic ring is 1. The quantitative estimate of drug-likeness (QED) is 0.813. The van der Waals surface area contributed by atoms with E-state index in [1.807, 2.05) is 24.3 Å². The van der Waals surface area contributed by atoms with Crippen LogP contribution >= 0.6 is 0 Å².